The second-order valence-corrected chi connectivity index (χ2v) is 9.05. The van der Waals surface area contributed by atoms with Crippen LogP contribution in [-0.2, 0) is 14.3 Å². The third-order valence-corrected chi connectivity index (χ3v) is 3.79. The normalized spacial score (nSPS) is 13.8. The zero-order valence-corrected chi connectivity index (χ0v) is 18.5. The quantitative estimate of drug-likeness (QED) is 0.696. The number of phenolic OH excluding ortho intramolecular Hbond substituents is 1. The molecule has 2 unspecified atom stereocenters. The first-order valence-electron chi connectivity index (χ1n) is 9.48. The van der Waals surface area contributed by atoms with Crippen molar-refractivity contribution in [2.45, 2.75) is 71.7 Å². The molecule has 0 heterocycles. The molecule has 0 fully saturated rings. The van der Waals surface area contributed by atoms with Crippen molar-refractivity contribution in [1.82, 2.24) is 15.5 Å². The fourth-order valence-electron chi connectivity index (χ4n) is 2.62. The number of hydrogen-bond donors (Lipinski definition) is 3. The molecule has 0 bridgehead atoms. The lowest BCUT2D eigenvalue weighted by molar-refractivity contribution is -0.141. The molecule has 1 rings (SSSR count). The molecular formula is C21H33N3O5. The summed E-state index contributed by atoms with van der Waals surface area (Å²) in [5.41, 5.74) is -0.666. The van der Waals surface area contributed by atoms with E-state index in [1.165, 1.54) is 31.0 Å². The van der Waals surface area contributed by atoms with Gasteiger partial charge < -0.3 is 25.4 Å². The van der Waals surface area contributed by atoms with E-state index in [1.807, 2.05) is 20.8 Å². The van der Waals surface area contributed by atoms with E-state index in [2.05, 4.69) is 10.6 Å². The largest absolute Gasteiger partial charge is 0.508 e. The number of carbonyl (C=O) groups excluding carboxylic acids is 3. The summed E-state index contributed by atoms with van der Waals surface area (Å²) in [7, 11) is 1.50. The van der Waals surface area contributed by atoms with Crippen LogP contribution in [0.25, 0.3) is 0 Å². The lowest BCUT2D eigenvalue weighted by Gasteiger charge is -2.32. The fourth-order valence-corrected chi connectivity index (χ4v) is 2.62. The monoisotopic (exact) mass is 407 g/mol. The number of carbonyl (C=O) groups is 3. The van der Waals surface area contributed by atoms with E-state index in [0.29, 0.717) is 5.56 Å². The Morgan fingerprint density at radius 1 is 1.03 bits per heavy atom. The Balaban J connectivity index is 3.07. The Bertz CT molecular complexity index is 732. The molecule has 0 aliphatic rings. The number of aromatic hydroxyl groups is 1. The number of rotatable bonds is 5. The molecule has 0 aromatic heterocycles. The van der Waals surface area contributed by atoms with E-state index in [1.54, 1.807) is 32.9 Å². The highest BCUT2D eigenvalue weighted by molar-refractivity contribution is 5.92. The average Bonchev–Trinajstić information content (AvgIpc) is 2.52. The zero-order chi connectivity index (χ0) is 22.6. The van der Waals surface area contributed by atoms with Gasteiger partial charge in [-0.25, -0.2) is 4.79 Å². The first-order chi connectivity index (χ1) is 13.1. The molecule has 162 valence electrons. The Morgan fingerprint density at radius 2 is 1.55 bits per heavy atom. The first-order valence-corrected chi connectivity index (χ1v) is 9.48. The Kier molecular flexibility index (Phi) is 7.66. The maximum atomic E-state index is 12.9. The standard InChI is InChI=1S/C21H33N3O5/c1-13(22-19(28)29-21(5,6)7)18(27)24(8)16(17(26)23-20(2,3)4)14-9-11-15(25)12-10-14/h9-13,16,25H,1-8H3,(H,22,28)(H,23,26). The van der Waals surface area contributed by atoms with Crippen LogP contribution in [-0.4, -0.2) is 52.1 Å². The van der Waals surface area contributed by atoms with Crippen molar-refractivity contribution in [1.29, 1.82) is 0 Å². The van der Waals surface area contributed by atoms with Gasteiger partial charge in [-0.05, 0) is 66.2 Å². The fraction of sp³-hybridized carbons (Fsp3) is 0.571. The van der Waals surface area contributed by atoms with Crippen LogP contribution in [0.3, 0.4) is 0 Å². The van der Waals surface area contributed by atoms with Crippen molar-refractivity contribution in [3.05, 3.63) is 29.8 Å². The minimum Gasteiger partial charge on any atom is -0.508 e. The van der Waals surface area contributed by atoms with Crippen LogP contribution in [0.4, 0.5) is 4.79 Å². The van der Waals surface area contributed by atoms with Crippen LogP contribution in [0.15, 0.2) is 24.3 Å². The number of nitrogens with zero attached hydrogens (tertiary/aromatic N) is 1. The molecule has 0 radical (unpaired) electrons. The SMILES string of the molecule is CC(NC(=O)OC(C)(C)C)C(=O)N(C)C(C(=O)NC(C)(C)C)c1ccc(O)cc1. The molecule has 8 heteroatoms. The Hall–Kier alpha value is -2.77. The Morgan fingerprint density at radius 3 is 2.00 bits per heavy atom. The molecule has 0 spiro atoms. The van der Waals surface area contributed by atoms with Gasteiger partial charge in [0.25, 0.3) is 0 Å². The lowest BCUT2D eigenvalue weighted by atomic mass is 10.0. The van der Waals surface area contributed by atoms with Gasteiger partial charge in [-0.15, -0.1) is 0 Å². The van der Waals surface area contributed by atoms with Crippen LogP contribution >= 0.6 is 0 Å². The molecule has 0 aliphatic heterocycles. The van der Waals surface area contributed by atoms with Crippen LogP contribution < -0.4 is 10.6 Å². The molecular weight excluding hydrogens is 374 g/mol. The third kappa shape index (κ3) is 8.01. The van der Waals surface area contributed by atoms with Crippen molar-refractivity contribution in [2.24, 2.45) is 0 Å². The number of alkyl carbamates (subject to hydrolysis) is 1. The predicted molar refractivity (Wildman–Crippen MR) is 110 cm³/mol. The van der Waals surface area contributed by atoms with Crippen LogP contribution in [0.2, 0.25) is 0 Å². The topological polar surface area (TPSA) is 108 Å². The number of likely N-dealkylation sites (N-methyl/N-ethyl adjacent to an activating group) is 1. The molecule has 3 amide bonds. The van der Waals surface area contributed by atoms with Crippen molar-refractivity contribution in [3.63, 3.8) is 0 Å². The summed E-state index contributed by atoms with van der Waals surface area (Å²) in [6.45, 7) is 12.2. The van der Waals surface area contributed by atoms with E-state index < -0.39 is 35.2 Å². The van der Waals surface area contributed by atoms with Gasteiger partial charge in [0.15, 0.2) is 0 Å². The second-order valence-electron chi connectivity index (χ2n) is 9.05. The number of nitrogens with one attached hydrogen (secondary N) is 2. The first kappa shape index (κ1) is 24.3. The number of amides is 3. The molecule has 1 aromatic rings. The molecule has 0 saturated heterocycles. The van der Waals surface area contributed by atoms with Gasteiger partial charge in [-0.3, -0.25) is 9.59 Å². The van der Waals surface area contributed by atoms with Gasteiger partial charge >= 0.3 is 6.09 Å². The predicted octanol–water partition coefficient (Wildman–Crippen LogP) is 2.72. The van der Waals surface area contributed by atoms with E-state index in [0.717, 1.165) is 0 Å². The molecule has 0 aliphatic carbocycles. The highest BCUT2D eigenvalue weighted by Gasteiger charge is 2.33. The van der Waals surface area contributed by atoms with E-state index >= 15 is 0 Å². The molecule has 8 nitrogen and oxygen atoms in total. The highest BCUT2D eigenvalue weighted by atomic mass is 16.6. The summed E-state index contributed by atoms with van der Waals surface area (Å²) >= 11 is 0. The summed E-state index contributed by atoms with van der Waals surface area (Å²) < 4.78 is 5.18. The van der Waals surface area contributed by atoms with Gasteiger partial charge in [-0.2, -0.15) is 0 Å². The summed E-state index contributed by atoms with van der Waals surface area (Å²) in [5.74, 6) is -0.779. The highest BCUT2D eigenvalue weighted by Crippen LogP contribution is 2.24. The lowest BCUT2D eigenvalue weighted by Crippen LogP contribution is -2.52. The molecule has 2 atom stereocenters. The average molecular weight is 408 g/mol. The van der Waals surface area contributed by atoms with Crippen molar-refractivity contribution >= 4 is 17.9 Å². The maximum Gasteiger partial charge on any atom is 0.408 e. The van der Waals surface area contributed by atoms with Gasteiger partial charge in [0.1, 0.15) is 23.4 Å². The number of phenols is 1. The van der Waals surface area contributed by atoms with E-state index in [-0.39, 0.29) is 11.7 Å². The molecule has 0 saturated carbocycles. The van der Waals surface area contributed by atoms with Crippen LogP contribution in [0, 0.1) is 0 Å². The summed E-state index contributed by atoms with van der Waals surface area (Å²) in [5, 5.41) is 14.9. The molecule has 1 aromatic carbocycles. The number of ether oxygens (including phenoxy) is 1. The van der Waals surface area contributed by atoms with Crippen LogP contribution in [0.1, 0.15) is 60.1 Å². The van der Waals surface area contributed by atoms with Gasteiger partial charge in [-0.1, -0.05) is 12.1 Å². The maximum absolute atomic E-state index is 12.9. The van der Waals surface area contributed by atoms with Gasteiger partial charge in [0, 0.05) is 12.6 Å². The second kappa shape index (κ2) is 9.15. The van der Waals surface area contributed by atoms with E-state index in [9.17, 15) is 19.5 Å². The smallest absolute Gasteiger partial charge is 0.408 e. The van der Waals surface area contributed by atoms with E-state index in [4.69, 9.17) is 4.74 Å². The van der Waals surface area contributed by atoms with Crippen molar-refractivity contribution in [3.8, 4) is 5.75 Å². The van der Waals surface area contributed by atoms with Gasteiger partial charge in [0.2, 0.25) is 11.8 Å². The van der Waals surface area contributed by atoms with Crippen LogP contribution in [0.5, 0.6) is 5.75 Å². The van der Waals surface area contributed by atoms with Gasteiger partial charge in [0.05, 0.1) is 0 Å². The Labute approximate surface area is 172 Å². The summed E-state index contributed by atoms with van der Waals surface area (Å²) in [4.78, 5) is 39.1. The van der Waals surface area contributed by atoms with Crippen molar-refractivity contribution < 1.29 is 24.2 Å². The minimum atomic E-state index is -0.940. The third-order valence-electron chi connectivity index (χ3n) is 3.79. The molecule has 29 heavy (non-hydrogen) atoms. The summed E-state index contributed by atoms with van der Waals surface area (Å²) in [6.07, 6.45) is -0.716. The number of benzene rings is 1. The number of hydrogen-bond acceptors (Lipinski definition) is 5. The zero-order valence-electron chi connectivity index (χ0n) is 18.5. The minimum absolute atomic E-state index is 0.0534. The summed E-state index contributed by atoms with van der Waals surface area (Å²) in [6, 6.07) is 4.22. The molecule has 3 N–H and O–H groups in total. The van der Waals surface area contributed by atoms with Crippen molar-refractivity contribution in [2.75, 3.05) is 7.05 Å².